The van der Waals surface area contributed by atoms with E-state index in [2.05, 4.69) is 22.8 Å². The Morgan fingerprint density at radius 1 is 1.29 bits per heavy atom. The number of fused-ring (bicyclic) bond motifs is 1. The summed E-state index contributed by atoms with van der Waals surface area (Å²) in [6, 6.07) is 6.14. The predicted molar refractivity (Wildman–Crippen MR) is 111 cm³/mol. The van der Waals surface area contributed by atoms with Crippen LogP contribution in [0.2, 0.25) is 5.02 Å². The molecule has 0 unspecified atom stereocenters. The Bertz CT molecular complexity index is 876. The molecular weight excluding hydrogens is 396 g/mol. The minimum atomic E-state index is -0.105. The van der Waals surface area contributed by atoms with Crippen LogP contribution in [-0.2, 0) is 16.0 Å². The number of hydrogen-bond acceptors (Lipinski definition) is 4. The van der Waals surface area contributed by atoms with Crippen LogP contribution in [0.4, 0.5) is 0 Å². The van der Waals surface area contributed by atoms with Crippen molar-refractivity contribution in [1.82, 2.24) is 10.2 Å². The smallest absolute Gasteiger partial charge is 0.223 e. The molecule has 2 aromatic rings. The molecule has 1 N–H and O–H groups in total. The third-order valence-electron chi connectivity index (χ3n) is 5.52. The number of benzene rings is 1. The summed E-state index contributed by atoms with van der Waals surface area (Å²) < 4.78 is 6.00. The van der Waals surface area contributed by atoms with Gasteiger partial charge in [0.2, 0.25) is 11.8 Å². The van der Waals surface area contributed by atoms with Crippen molar-refractivity contribution in [1.29, 1.82) is 0 Å². The highest BCUT2D eigenvalue weighted by Crippen LogP contribution is 2.39. The number of hydrogen-bond donors (Lipinski definition) is 1. The lowest BCUT2D eigenvalue weighted by atomic mass is 9.96. The summed E-state index contributed by atoms with van der Waals surface area (Å²) in [7, 11) is 0. The number of nitrogens with one attached hydrogen (secondary N) is 1. The molecule has 7 heteroatoms. The zero-order chi connectivity index (χ0) is 19.7. The van der Waals surface area contributed by atoms with E-state index in [9.17, 15) is 9.59 Å². The Labute approximate surface area is 173 Å². The molecule has 1 fully saturated rings. The number of thiophene rings is 1. The second-order valence-corrected chi connectivity index (χ2v) is 8.62. The minimum absolute atomic E-state index is 0.0341. The fourth-order valence-corrected chi connectivity index (χ4v) is 4.86. The van der Waals surface area contributed by atoms with Crippen LogP contribution in [0.25, 0.3) is 11.1 Å². The average Bonchev–Trinajstić information content (AvgIpc) is 3.36. The number of rotatable bonds is 4. The van der Waals surface area contributed by atoms with E-state index in [4.69, 9.17) is 16.3 Å². The topological polar surface area (TPSA) is 58.6 Å². The molecule has 28 heavy (non-hydrogen) atoms. The number of nitrogens with zero attached hydrogens (tertiary/aromatic N) is 1. The number of carbonyl (C=O) groups excluding carboxylic acids is 2. The summed E-state index contributed by atoms with van der Waals surface area (Å²) in [4.78, 5) is 25.7. The molecule has 0 aliphatic carbocycles. The molecule has 0 bridgehead atoms. The minimum Gasteiger partial charge on any atom is -0.486 e. The molecule has 0 saturated carbocycles. The van der Waals surface area contributed by atoms with E-state index in [1.807, 2.05) is 11.4 Å². The number of ether oxygens (including phenoxy) is 1. The molecule has 3 heterocycles. The first-order chi connectivity index (χ1) is 13.5. The summed E-state index contributed by atoms with van der Waals surface area (Å²) in [5.41, 5.74) is 3.33. The lowest BCUT2D eigenvalue weighted by Gasteiger charge is -2.30. The van der Waals surface area contributed by atoms with Crippen LogP contribution in [0.3, 0.4) is 0 Å². The zero-order valence-electron chi connectivity index (χ0n) is 15.7. The number of halogens is 1. The highest BCUT2D eigenvalue weighted by molar-refractivity contribution is 7.08. The summed E-state index contributed by atoms with van der Waals surface area (Å²) in [6.07, 6.45) is 2.06. The second-order valence-electron chi connectivity index (χ2n) is 7.43. The molecule has 4 rings (SSSR count). The quantitative estimate of drug-likeness (QED) is 0.822. The van der Waals surface area contributed by atoms with Gasteiger partial charge in [0, 0.05) is 37.9 Å². The number of carbonyl (C=O) groups is 2. The first kappa shape index (κ1) is 19.3. The van der Waals surface area contributed by atoms with Crippen molar-refractivity contribution in [3.63, 3.8) is 0 Å². The molecule has 2 amide bonds. The average molecular weight is 419 g/mol. The van der Waals surface area contributed by atoms with Gasteiger partial charge in [-0.15, -0.1) is 0 Å². The predicted octanol–water partition coefficient (Wildman–Crippen LogP) is 3.75. The van der Waals surface area contributed by atoms with Gasteiger partial charge in [0.15, 0.2) is 0 Å². The second kappa shape index (κ2) is 8.13. The molecule has 2 aliphatic rings. The van der Waals surface area contributed by atoms with Gasteiger partial charge in [-0.2, -0.15) is 11.3 Å². The van der Waals surface area contributed by atoms with Crippen molar-refractivity contribution in [2.45, 2.75) is 32.3 Å². The highest BCUT2D eigenvalue weighted by Gasteiger charge is 2.29. The van der Waals surface area contributed by atoms with Crippen molar-refractivity contribution >= 4 is 34.8 Å². The standard InChI is InChI=1S/C21H23ClN2O3S/c1-13(25)24-5-2-14(3-6-24)21(26)23-11-18-9-17-8-16(15-4-7-28-12-15)10-19(22)20(17)27-18/h4,7-8,10,12,14,18H,2-3,5-6,9,11H2,1H3,(H,23,26)/t18-/m1/s1. The van der Waals surface area contributed by atoms with Gasteiger partial charge >= 0.3 is 0 Å². The monoisotopic (exact) mass is 418 g/mol. The maximum absolute atomic E-state index is 12.5. The lowest BCUT2D eigenvalue weighted by molar-refractivity contribution is -0.134. The maximum Gasteiger partial charge on any atom is 0.223 e. The van der Waals surface area contributed by atoms with Gasteiger partial charge < -0.3 is 15.0 Å². The summed E-state index contributed by atoms with van der Waals surface area (Å²) in [6.45, 7) is 3.34. The third kappa shape index (κ3) is 4.03. The van der Waals surface area contributed by atoms with Crippen molar-refractivity contribution in [2.24, 2.45) is 5.92 Å². The van der Waals surface area contributed by atoms with E-state index in [1.54, 1.807) is 23.2 Å². The number of piperidine rings is 1. The molecule has 1 atom stereocenters. The fourth-order valence-electron chi connectivity index (χ4n) is 3.91. The molecule has 1 aromatic heterocycles. The summed E-state index contributed by atoms with van der Waals surface area (Å²) in [5.74, 6) is 0.824. The van der Waals surface area contributed by atoms with Crippen LogP contribution >= 0.6 is 22.9 Å². The van der Waals surface area contributed by atoms with E-state index in [1.165, 1.54) is 0 Å². The van der Waals surface area contributed by atoms with Gasteiger partial charge in [-0.25, -0.2) is 0 Å². The van der Waals surface area contributed by atoms with E-state index in [0.717, 1.165) is 28.9 Å². The molecule has 5 nitrogen and oxygen atoms in total. The van der Waals surface area contributed by atoms with Crippen LogP contribution in [0.5, 0.6) is 5.75 Å². The van der Waals surface area contributed by atoms with E-state index >= 15 is 0 Å². The van der Waals surface area contributed by atoms with Crippen molar-refractivity contribution in [2.75, 3.05) is 19.6 Å². The van der Waals surface area contributed by atoms with Crippen LogP contribution in [0.1, 0.15) is 25.3 Å². The summed E-state index contributed by atoms with van der Waals surface area (Å²) in [5, 5.41) is 7.79. The van der Waals surface area contributed by atoms with Crippen LogP contribution in [0, 0.1) is 5.92 Å². The Kier molecular flexibility index (Phi) is 5.60. The van der Waals surface area contributed by atoms with Gasteiger partial charge in [-0.1, -0.05) is 11.6 Å². The van der Waals surface area contributed by atoms with E-state index in [0.29, 0.717) is 37.5 Å². The van der Waals surface area contributed by atoms with Crippen molar-refractivity contribution < 1.29 is 14.3 Å². The van der Waals surface area contributed by atoms with Crippen LogP contribution in [-0.4, -0.2) is 42.5 Å². The van der Waals surface area contributed by atoms with Gasteiger partial charge in [0.1, 0.15) is 11.9 Å². The summed E-state index contributed by atoms with van der Waals surface area (Å²) >= 11 is 8.10. The van der Waals surface area contributed by atoms with Gasteiger partial charge in [-0.3, -0.25) is 9.59 Å². The van der Waals surface area contributed by atoms with Crippen LogP contribution < -0.4 is 10.1 Å². The highest BCUT2D eigenvalue weighted by atomic mass is 35.5. The molecule has 148 valence electrons. The van der Waals surface area contributed by atoms with E-state index < -0.39 is 0 Å². The first-order valence-corrected chi connectivity index (χ1v) is 10.9. The van der Waals surface area contributed by atoms with Gasteiger partial charge in [0.25, 0.3) is 0 Å². The molecule has 1 saturated heterocycles. The number of amides is 2. The Hall–Kier alpha value is -2.05. The SMILES string of the molecule is CC(=O)N1CCC(C(=O)NC[C@H]2Cc3cc(-c4ccsc4)cc(Cl)c3O2)CC1. The number of likely N-dealkylation sites (tertiary alicyclic amines) is 1. The maximum atomic E-state index is 12.5. The lowest BCUT2D eigenvalue weighted by Crippen LogP contribution is -2.44. The van der Waals surface area contributed by atoms with Crippen molar-refractivity contribution in [3.8, 4) is 16.9 Å². The van der Waals surface area contributed by atoms with Gasteiger partial charge in [0.05, 0.1) is 11.6 Å². The molecule has 0 radical (unpaired) electrons. The first-order valence-electron chi connectivity index (χ1n) is 9.56. The third-order valence-corrected chi connectivity index (χ3v) is 6.49. The molecule has 1 aromatic carbocycles. The molecule has 2 aliphatic heterocycles. The van der Waals surface area contributed by atoms with Crippen LogP contribution in [0.15, 0.2) is 29.0 Å². The Morgan fingerprint density at radius 3 is 2.75 bits per heavy atom. The largest absolute Gasteiger partial charge is 0.486 e. The molecular formula is C21H23ClN2O3S. The van der Waals surface area contributed by atoms with E-state index in [-0.39, 0.29) is 23.8 Å². The van der Waals surface area contributed by atoms with Crippen molar-refractivity contribution in [3.05, 3.63) is 39.5 Å². The fraction of sp³-hybridized carbons (Fsp3) is 0.429. The zero-order valence-corrected chi connectivity index (χ0v) is 17.3. The molecule has 0 spiro atoms. The Morgan fingerprint density at radius 2 is 2.07 bits per heavy atom. The normalized spacial score (nSPS) is 19.2. The Balaban J connectivity index is 1.32. The van der Waals surface area contributed by atoms with Gasteiger partial charge in [-0.05, 0) is 52.9 Å².